The van der Waals surface area contributed by atoms with E-state index in [1.807, 2.05) is 62.4 Å². The Morgan fingerprint density at radius 2 is 1.77 bits per heavy atom. The molecule has 3 aliphatic heterocycles. The number of anilines is 2. The topological polar surface area (TPSA) is 174 Å². The van der Waals surface area contributed by atoms with Crippen molar-refractivity contribution in [2.24, 2.45) is 0 Å². The Morgan fingerprint density at radius 1 is 0.981 bits per heavy atom. The summed E-state index contributed by atoms with van der Waals surface area (Å²) >= 11 is 0. The van der Waals surface area contributed by atoms with Crippen LogP contribution in [-0.2, 0) is 25.7 Å². The Labute approximate surface area is 305 Å². The van der Waals surface area contributed by atoms with Gasteiger partial charge in [0.1, 0.15) is 18.3 Å². The molecular formula is C39H39N7O7. The summed E-state index contributed by atoms with van der Waals surface area (Å²) in [6.45, 7) is 3.85. The van der Waals surface area contributed by atoms with Crippen LogP contribution in [0.3, 0.4) is 0 Å². The number of nitrogens with one attached hydrogen (secondary N) is 3. The number of urea groups is 1. The molecule has 272 valence electrons. The molecule has 1 fully saturated rings. The molecule has 0 saturated carbocycles. The van der Waals surface area contributed by atoms with Crippen LogP contribution >= 0.6 is 0 Å². The lowest BCUT2D eigenvalue weighted by atomic mass is 9.90. The maximum Gasteiger partial charge on any atom is 0.325 e. The number of rotatable bonds is 10. The van der Waals surface area contributed by atoms with Gasteiger partial charge in [0, 0.05) is 60.9 Å². The van der Waals surface area contributed by atoms with E-state index in [0.717, 1.165) is 33.6 Å². The summed E-state index contributed by atoms with van der Waals surface area (Å²) in [5, 5.41) is 12.1. The molecule has 3 aromatic carbocycles. The Morgan fingerprint density at radius 3 is 2.51 bits per heavy atom. The number of nitrogens with zero attached hydrogens (tertiary/aromatic N) is 4. The highest BCUT2D eigenvalue weighted by molar-refractivity contribution is 6.07. The van der Waals surface area contributed by atoms with E-state index in [-0.39, 0.29) is 68.6 Å². The predicted octanol–water partition coefficient (Wildman–Crippen LogP) is 4.22. The molecule has 0 bridgehead atoms. The van der Waals surface area contributed by atoms with Crippen LogP contribution in [0.2, 0.25) is 0 Å². The molecular weight excluding hydrogens is 678 g/mol. The fourth-order valence-electron chi connectivity index (χ4n) is 7.46. The second-order valence-corrected chi connectivity index (χ2v) is 13.5. The number of imide groups is 1. The molecule has 4 aromatic rings. The van der Waals surface area contributed by atoms with E-state index >= 15 is 0 Å². The van der Waals surface area contributed by atoms with Crippen molar-refractivity contribution in [2.75, 3.05) is 30.4 Å². The van der Waals surface area contributed by atoms with Gasteiger partial charge in [0.05, 0.1) is 17.4 Å². The third-order valence-corrected chi connectivity index (χ3v) is 10.0. The number of carbonyl (C=O) groups is 6. The second-order valence-electron chi connectivity index (χ2n) is 13.5. The van der Waals surface area contributed by atoms with Crippen LogP contribution in [0.1, 0.15) is 70.2 Å². The summed E-state index contributed by atoms with van der Waals surface area (Å²) < 4.78 is 5.42. The zero-order chi connectivity index (χ0) is 37.4. The number of fused-ring (bicyclic) bond motifs is 2. The van der Waals surface area contributed by atoms with Crippen LogP contribution in [0.5, 0.6) is 0 Å². The molecule has 7 rings (SSSR count). The fourth-order valence-corrected chi connectivity index (χ4v) is 7.46. The lowest BCUT2D eigenvalue weighted by Gasteiger charge is -2.41. The van der Waals surface area contributed by atoms with Crippen LogP contribution < -0.4 is 20.9 Å². The number of hydrogen-bond donors (Lipinski definition) is 3. The van der Waals surface area contributed by atoms with E-state index < -0.39 is 18.0 Å². The Bertz CT molecular complexity index is 2130. The standard InChI is InChI=1S/C39H39N7O7/c1-22-35(23(2)53-43-22)25-14-15-30-27(19-25)36(24-9-5-4-6-10-24)46(39(52)44(30)3)21-34(49)40-18-8-13-32(47)41-29-12-7-11-26-28(29)20-45(38(26)51)31-16-17-33(48)42-37(31)50/h4-7,9-12,14-15,19,31,36H,8,13,16-18,20-21H2,1-3H3,(H,40,49)(H,41,47)(H,42,48,50). The van der Waals surface area contributed by atoms with Gasteiger partial charge in [-0.1, -0.05) is 47.6 Å². The van der Waals surface area contributed by atoms with Gasteiger partial charge < -0.3 is 25.0 Å². The smallest absolute Gasteiger partial charge is 0.325 e. The van der Waals surface area contributed by atoms with Crippen molar-refractivity contribution in [3.63, 3.8) is 0 Å². The first kappa shape index (κ1) is 35.1. The van der Waals surface area contributed by atoms with E-state index in [4.69, 9.17) is 4.52 Å². The minimum absolute atomic E-state index is 0.0879. The molecule has 14 heteroatoms. The number of carbonyl (C=O) groups excluding carboxylic acids is 6. The van der Waals surface area contributed by atoms with Crippen molar-refractivity contribution in [2.45, 2.75) is 58.2 Å². The fraction of sp³-hybridized carbons (Fsp3) is 0.308. The molecule has 3 aliphatic rings. The summed E-state index contributed by atoms with van der Waals surface area (Å²) in [7, 11) is 1.69. The van der Waals surface area contributed by atoms with Crippen LogP contribution in [0.4, 0.5) is 16.2 Å². The third kappa shape index (κ3) is 6.75. The second kappa shape index (κ2) is 14.4. The lowest BCUT2D eigenvalue weighted by molar-refractivity contribution is -0.137. The van der Waals surface area contributed by atoms with Gasteiger partial charge >= 0.3 is 6.03 Å². The predicted molar refractivity (Wildman–Crippen MR) is 194 cm³/mol. The van der Waals surface area contributed by atoms with Crippen LogP contribution in [0.25, 0.3) is 11.1 Å². The van der Waals surface area contributed by atoms with Crippen molar-refractivity contribution >= 4 is 46.9 Å². The van der Waals surface area contributed by atoms with E-state index in [1.165, 1.54) is 4.90 Å². The molecule has 53 heavy (non-hydrogen) atoms. The molecule has 0 radical (unpaired) electrons. The molecule has 0 aliphatic carbocycles. The minimum Gasteiger partial charge on any atom is -0.361 e. The van der Waals surface area contributed by atoms with E-state index in [9.17, 15) is 28.8 Å². The number of piperidine rings is 1. The van der Waals surface area contributed by atoms with Crippen molar-refractivity contribution in [3.05, 3.63) is 100 Å². The summed E-state index contributed by atoms with van der Waals surface area (Å²) in [5.41, 5.74) is 6.44. The van der Waals surface area contributed by atoms with Gasteiger partial charge in [-0.3, -0.25) is 34.2 Å². The first-order chi connectivity index (χ1) is 25.5. The summed E-state index contributed by atoms with van der Waals surface area (Å²) in [6, 6.07) is 18.8. The van der Waals surface area contributed by atoms with Gasteiger partial charge in [0.25, 0.3) is 5.91 Å². The van der Waals surface area contributed by atoms with Crippen molar-refractivity contribution in [1.82, 2.24) is 25.6 Å². The first-order valence-corrected chi connectivity index (χ1v) is 17.5. The Balaban J connectivity index is 0.989. The Kier molecular flexibility index (Phi) is 9.52. The van der Waals surface area contributed by atoms with Crippen molar-refractivity contribution in [1.29, 1.82) is 0 Å². The third-order valence-electron chi connectivity index (χ3n) is 10.0. The highest BCUT2D eigenvalue weighted by atomic mass is 16.5. The quantitative estimate of drug-likeness (QED) is 0.162. The number of aryl methyl sites for hydroxylation is 2. The van der Waals surface area contributed by atoms with E-state index in [0.29, 0.717) is 29.0 Å². The van der Waals surface area contributed by atoms with Gasteiger partial charge in [-0.2, -0.15) is 0 Å². The largest absolute Gasteiger partial charge is 0.361 e. The number of hydrogen-bond acceptors (Lipinski definition) is 8. The Hall–Kier alpha value is -6.31. The SMILES string of the molecule is Cc1noc(C)c1-c1ccc2c(c1)C(c1ccccc1)N(CC(=O)NCCCC(=O)Nc1cccc3c1CN(C1CCC(=O)NC1=O)C3=O)C(=O)N2C. The first-order valence-electron chi connectivity index (χ1n) is 17.5. The van der Waals surface area contributed by atoms with E-state index in [2.05, 4.69) is 21.1 Å². The molecule has 0 spiro atoms. The van der Waals surface area contributed by atoms with Gasteiger partial charge in [-0.05, 0) is 62.1 Å². The van der Waals surface area contributed by atoms with Gasteiger partial charge in [0.2, 0.25) is 23.6 Å². The van der Waals surface area contributed by atoms with Gasteiger partial charge in [0.15, 0.2) is 0 Å². The normalized spacial score (nSPS) is 18.1. The lowest BCUT2D eigenvalue weighted by Crippen LogP contribution is -2.52. The summed E-state index contributed by atoms with van der Waals surface area (Å²) in [5.74, 6) is -1.19. The molecule has 7 amide bonds. The molecule has 2 atom stereocenters. The average molecular weight is 718 g/mol. The van der Waals surface area contributed by atoms with Crippen LogP contribution in [0.15, 0.2) is 71.3 Å². The molecule has 1 aromatic heterocycles. The monoisotopic (exact) mass is 717 g/mol. The van der Waals surface area contributed by atoms with E-state index in [1.54, 1.807) is 35.0 Å². The minimum atomic E-state index is -0.760. The number of benzene rings is 3. The van der Waals surface area contributed by atoms with Crippen molar-refractivity contribution in [3.8, 4) is 11.1 Å². The zero-order valence-electron chi connectivity index (χ0n) is 29.6. The van der Waals surface area contributed by atoms with Crippen molar-refractivity contribution < 1.29 is 33.3 Å². The zero-order valence-corrected chi connectivity index (χ0v) is 29.6. The number of aromatic nitrogens is 1. The van der Waals surface area contributed by atoms with Gasteiger partial charge in [-0.15, -0.1) is 0 Å². The average Bonchev–Trinajstić information content (AvgIpc) is 3.66. The molecule has 1 saturated heterocycles. The maximum absolute atomic E-state index is 13.8. The maximum atomic E-state index is 13.8. The molecule has 3 N–H and O–H groups in total. The highest BCUT2D eigenvalue weighted by Gasteiger charge is 2.41. The van der Waals surface area contributed by atoms with Crippen LogP contribution in [-0.4, -0.2) is 76.7 Å². The molecule has 14 nitrogen and oxygen atoms in total. The highest BCUT2D eigenvalue weighted by Crippen LogP contribution is 2.42. The van der Waals surface area contributed by atoms with Gasteiger partial charge in [-0.25, -0.2) is 4.79 Å². The summed E-state index contributed by atoms with van der Waals surface area (Å²) in [6.07, 6.45) is 0.804. The molecule has 2 unspecified atom stereocenters. The summed E-state index contributed by atoms with van der Waals surface area (Å²) in [4.78, 5) is 81.9. The number of amides is 7. The van der Waals surface area contributed by atoms with Crippen LogP contribution in [0, 0.1) is 13.8 Å². The molecule has 4 heterocycles.